The average Bonchev–Trinajstić information content (AvgIpc) is 2.28. The van der Waals surface area contributed by atoms with Gasteiger partial charge < -0.3 is 9.47 Å². The van der Waals surface area contributed by atoms with Crippen LogP contribution < -0.4 is 0 Å². The summed E-state index contributed by atoms with van der Waals surface area (Å²) in [6, 6.07) is 0. The van der Waals surface area contributed by atoms with Gasteiger partial charge in [0.25, 0.3) is 0 Å². The quantitative estimate of drug-likeness (QED) is 0.578. The normalized spacial score (nSPS) is 40.0. The van der Waals surface area contributed by atoms with Gasteiger partial charge in [-0.25, -0.2) is 0 Å². The minimum atomic E-state index is -0.277. The van der Waals surface area contributed by atoms with E-state index in [0.717, 1.165) is 6.42 Å². The summed E-state index contributed by atoms with van der Waals surface area (Å²) < 4.78 is 10.9. The molecule has 3 atom stereocenters. The number of carbonyl (C=O) groups is 1. The molecule has 2 heterocycles. The number of fused-ring (bicyclic) bond motifs is 2. The maximum Gasteiger partial charge on any atom is 0.165 e. The summed E-state index contributed by atoms with van der Waals surface area (Å²) >= 11 is 0. The van der Waals surface area contributed by atoms with Crippen LogP contribution in [0.1, 0.15) is 19.3 Å². The van der Waals surface area contributed by atoms with Gasteiger partial charge in [0.15, 0.2) is 6.29 Å². The van der Waals surface area contributed by atoms with Gasteiger partial charge in [-0.2, -0.15) is 0 Å². The van der Waals surface area contributed by atoms with Crippen molar-refractivity contribution in [1.29, 1.82) is 0 Å². The zero-order valence-corrected chi connectivity index (χ0v) is 6.86. The molecule has 2 fully saturated rings. The van der Waals surface area contributed by atoms with Crippen LogP contribution in [-0.2, 0) is 14.3 Å². The predicted molar refractivity (Wildman–Crippen MR) is 42.6 cm³/mol. The van der Waals surface area contributed by atoms with Crippen molar-refractivity contribution in [2.45, 2.75) is 37.8 Å². The van der Waals surface area contributed by atoms with Gasteiger partial charge in [0, 0.05) is 6.42 Å². The molecule has 66 valence electrons. The molecule has 0 aromatic heterocycles. The molecule has 0 spiro atoms. The van der Waals surface area contributed by atoms with E-state index in [0.29, 0.717) is 12.8 Å². The van der Waals surface area contributed by atoms with Gasteiger partial charge >= 0.3 is 0 Å². The van der Waals surface area contributed by atoms with Crippen molar-refractivity contribution in [1.82, 2.24) is 0 Å². The molecule has 2 bridgehead atoms. The van der Waals surface area contributed by atoms with Crippen LogP contribution in [0.5, 0.6) is 0 Å². The molecule has 3 heteroatoms. The first-order chi connectivity index (χ1) is 5.79. The second kappa shape index (κ2) is 2.99. The average molecular weight is 168 g/mol. The van der Waals surface area contributed by atoms with Gasteiger partial charge in [0.2, 0.25) is 0 Å². The van der Waals surface area contributed by atoms with Crippen molar-refractivity contribution in [2.75, 3.05) is 0 Å². The number of rotatable bonds is 2. The Bertz CT molecular complexity index is 212. The summed E-state index contributed by atoms with van der Waals surface area (Å²) in [5, 5.41) is 0. The molecule has 0 aromatic carbocycles. The van der Waals surface area contributed by atoms with Crippen LogP contribution in [0.3, 0.4) is 0 Å². The number of hydrogen-bond acceptors (Lipinski definition) is 3. The van der Waals surface area contributed by atoms with Crippen molar-refractivity contribution in [2.24, 2.45) is 0 Å². The Morgan fingerprint density at radius 2 is 2.33 bits per heavy atom. The fourth-order valence-corrected chi connectivity index (χ4v) is 1.74. The molecule has 0 saturated carbocycles. The molecule has 0 radical (unpaired) electrons. The number of Topliss-reactive ketones (excluding diaryl/α,β-unsaturated/α-hetero) is 1. The summed E-state index contributed by atoms with van der Waals surface area (Å²) in [5.74, 6) is 0.253. The standard InChI is InChI=1S/C9H12O3/c1-2-3-7-8-4-6(10)5-9(11-7)12-8/h2,7-9H,1,3-5H2/t7-,8+,9-/m1/s1. The molecular weight excluding hydrogens is 156 g/mol. The summed E-state index contributed by atoms with van der Waals surface area (Å²) in [5.41, 5.74) is 0. The van der Waals surface area contributed by atoms with Crippen molar-refractivity contribution < 1.29 is 14.3 Å². The highest BCUT2D eigenvalue weighted by Gasteiger charge is 2.41. The summed E-state index contributed by atoms with van der Waals surface area (Å²) in [4.78, 5) is 11.1. The Kier molecular flexibility index (Phi) is 1.98. The molecule has 2 saturated heterocycles. The van der Waals surface area contributed by atoms with E-state index in [1.807, 2.05) is 0 Å². The molecule has 2 aliphatic rings. The lowest BCUT2D eigenvalue weighted by Crippen LogP contribution is -2.28. The van der Waals surface area contributed by atoms with E-state index in [1.54, 1.807) is 6.08 Å². The molecule has 2 rings (SSSR count). The summed E-state index contributed by atoms with van der Waals surface area (Å²) in [7, 11) is 0. The van der Waals surface area contributed by atoms with Crippen LogP contribution in [0.15, 0.2) is 12.7 Å². The second-order valence-electron chi connectivity index (χ2n) is 3.25. The Morgan fingerprint density at radius 3 is 3.08 bits per heavy atom. The minimum Gasteiger partial charge on any atom is -0.346 e. The lowest BCUT2D eigenvalue weighted by atomic mass is 10.0. The molecule has 0 aliphatic carbocycles. The van der Waals surface area contributed by atoms with Crippen LogP contribution in [0, 0.1) is 0 Å². The van der Waals surface area contributed by atoms with Crippen LogP contribution >= 0.6 is 0 Å². The maximum atomic E-state index is 11.1. The molecule has 2 aliphatic heterocycles. The zero-order valence-electron chi connectivity index (χ0n) is 6.86. The number of carbonyl (C=O) groups excluding carboxylic acids is 1. The van der Waals surface area contributed by atoms with Crippen LogP contribution in [0.2, 0.25) is 0 Å². The third-order valence-corrected chi connectivity index (χ3v) is 2.29. The van der Waals surface area contributed by atoms with E-state index in [9.17, 15) is 4.79 Å². The van der Waals surface area contributed by atoms with Gasteiger partial charge in [-0.05, 0) is 6.42 Å². The molecule has 12 heavy (non-hydrogen) atoms. The topological polar surface area (TPSA) is 35.5 Å². The fourth-order valence-electron chi connectivity index (χ4n) is 1.74. The lowest BCUT2D eigenvalue weighted by molar-refractivity contribution is -0.139. The highest BCUT2D eigenvalue weighted by Crippen LogP contribution is 2.31. The Hall–Kier alpha value is -0.670. The Balaban J connectivity index is 2.03. The molecule has 3 nitrogen and oxygen atoms in total. The molecule has 0 aromatic rings. The van der Waals surface area contributed by atoms with Crippen LogP contribution in [0.25, 0.3) is 0 Å². The highest BCUT2D eigenvalue weighted by molar-refractivity contribution is 5.80. The number of ketones is 1. The predicted octanol–water partition coefficient (Wildman–Crippen LogP) is 1.04. The zero-order chi connectivity index (χ0) is 8.55. The Morgan fingerprint density at radius 1 is 1.50 bits per heavy atom. The van der Waals surface area contributed by atoms with Crippen molar-refractivity contribution in [3.63, 3.8) is 0 Å². The first kappa shape index (κ1) is 7.95. The van der Waals surface area contributed by atoms with E-state index in [-0.39, 0.29) is 24.3 Å². The second-order valence-corrected chi connectivity index (χ2v) is 3.25. The molecule has 0 N–H and O–H groups in total. The van der Waals surface area contributed by atoms with Crippen LogP contribution in [0.4, 0.5) is 0 Å². The first-order valence-electron chi connectivity index (χ1n) is 4.23. The minimum absolute atomic E-state index is 0.0192. The fraction of sp³-hybridized carbons (Fsp3) is 0.667. The summed E-state index contributed by atoms with van der Waals surface area (Å²) in [6.07, 6.45) is 3.27. The number of hydrogen-bond donors (Lipinski definition) is 0. The lowest BCUT2D eigenvalue weighted by Gasteiger charge is -2.16. The van der Waals surface area contributed by atoms with Crippen molar-refractivity contribution in [3.8, 4) is 0 Å². The van der Waals surface area contributed by atoms with E-state index in [2.05, 4.69) is 6.58 Å². The third-order valence-electron chi connectivity index (χ3n) is 2.29. The largest absolute Gasteiger partial charge is 0.346 e. The highest BCUT2D eigenvalue weighted by atomic mass is 16.7. The van der Waals surface area contributed by atoms with Gasteiger partial charge in [-0.15, -0.1) is 6.58 Å². The molecule has 0 unspecified atom stereocenters. The maximum absolute atomic E-state index is 11.1. The van der Waals surface area contributed by atoms with E-state index in [4.69, 9.17) is 9.47 Å². The van der Waals surface area contributed by atoms with Gasteiger partial charge in [0.1, 0.15) is 5.78 Å². The molecule has 0 amide bonds. The van der Waals surface area contributed by atoms with Gasteiger partial charge in [-0.3, -0.25) is 4.79 Å². The third kappa shape index (κ3) is 1.30. The first-order valence-corrected chi connectivity index (χ1v) is 4.23. The summed E-state index contributed by atoms with van der Waals surface area (Å²) in [6.45, 7) is 3.64. The van der Waals surface area contributed by atoms with E-state index >= 15 is 0 Å². The van der Waals surface area contributed by atoms with Crippen molar-refractivity contribution >= 4 is 5.78 Å². The molecular formula is C9H12O3. The van der Waals surface area contributed by atoms with Crippen LogP contribution in [-0.4, -0.2) is 24.3 Å². The monoisotopic (exact) mass is 168 g/mol. The smallest absolute Gasteiger partial charge is 0.165 e. The SMILES string of the molecule is C=CC[C@H]1O[C@H]2CC(=O)C[C@@H]1O2. The van der Waals surface area contributed by atoms with Gasteiger partial charge in [0.05, 0.1) is 18.6 Å². The van der Waals surface area contributed by atoms with E-state index < -0.39 is 0 Å². The Labute approximate surface area is 71.3 Å². The van der Waals surface area contributed by atoms with Crippen molar-refractivity contribution in [3.05, 3.63) is 12.7 Å². The van der Waals surface area contributed by atoms with E-state index in [1.165, 1.54) is 0 Å². The number of ether oxygens (including phenoxy) is 2. The van der Waals surface area contributed by atoms with Gasteiger partial charge in [-0.1, -0.05) is 6.08 Å².